The lowest BCUT2D eigenvalue weighted by Crippen LogP contribution is -2.42. The Morgan fingerprint density at radius 2 is 1.19 bits per heavy atom. The molecule has 31 heavy (non-hydrogen) atoms. The number of hydrogen-bond acceptors (Lipinski definition) is 5. The molecule has 0 amide bonds. The van der Waals surface area contributed by atoms with Crippen molar-refractivity contribution in [1.29, 1.82) is 0 Å². The van der Waals surface area contributed by atoms with E-state index in [1.165, 1.54) is 0 Å². The number of anilines is 1. The highest BCUT2D eigenvalue weighted by Crippen LogP contribution is 2.41. The van der Waals surface area contributed by atoms with Gasteiger partial charge in [-0.1, -0.05) is 46.3 Å². The summed E-state index contributed by atoms with van der Waals surface area (Å²) in [7, 11) is 0. The fraction of sp³-hybridized carbons (Fsp3) is 0.217. The highest BCUT2D eigenvalue weighted by molar-refractivity contribution is 6.30. The molecule has 0 bridgehead atoms. The lowest BCUT2D eigenvalue weighted by atomic mass is 10.0. The van der Waals surface area contributed by atoms with Crippen molar-refractivity contribution in [3.63, 3.8) is 0 Å². The van der Waals surface area contributed by atoms with E-state index in [0.717, 1.165) is 47.0 Å². The van der Waals surface area contributed by atoms with Gasteiger partial charge in [0.15, 0.2) is 0 Å². The highest BCUT2D eigenvalue weighted by atomic mass is 35.5. The van der Waals surface area contributed by atoms with Crippen LogP contribution in [0.2, 0.25) is 5.02 Å². The lowest BCUT2D eigenvalue weighted by molar-refractivity contribution is 0.247. The van der Waals surface area contributed by atoms with Crippen LogP contribution in [-0.2, 0) is 0 Å². The smallest absolute Gasteiger partial charge is 0.127 e. The van der Waals surface area contributed by atoms with Crippen LogP contribution < -0.4 is 4.90 Å². The van der Waals surface area contributed by atoms with Gasteiger partial charge in [-0.05, 0) is 67.8 Å². The van der Waals surface area contributed by atoms with Crippen LogP contribution in [0, 0.1) is 0 Å². The first kappa shape index (κ1) is 18.3. The molecule has 7 nitrogen and oxygen atoms in total. The van der Waals surface area contributed by atoms with E-state index < -0.39 is 0 Å². The van der Waals surface area contributed by atoms with Crippen LogP contribution in [0.5, 0.6) is 0 Å². The quantitative estimate of drug-likeness (QED) is 0.393. The minimum absolute atomic E-state index is 0.00436. The van der Waals surface area contributed by atoms with Crippen molar-refractivity contribution in [1.82, 2.24) is 30.0 Å². The van der Waals surface area contributed by atoms with Crippen LogP contribution >= 0.6 is 11.6 Å². The summed E-state index contributed by atoms with van der Waals surface area (Å²) in [5.41, 5.74) is 4.91. The molecule has 0 N–H and O–H groups in total. The molecule has 0 saturated carbocycles. The standard InChI is InChI=1S/C23H20ClN7/c24-16-12-14-17(15-13-16)29-22(30-20-8-3-1-6-18(20)25-27-30)10-5-11-23(29)31-21-9-4-2-7-19(21)26-28-31/h1-4,6-9,12-15,22-23H,5,10-11H2. The second-order valence-corrected chi connectivity index (χ2v) is 8.26. The van der Waals surface area contributed by atoms with Crippen molar-refractivity contribution in [2.45, 2.75) is 31.6 Å². The molecule has 6 rings (SSSR count). The largest absolute Gasteiger partial charge is 0.327 e. The Labute approximate surface area is 183 Å². The molecule has 1 aliphatic rings. The van der Waals surface area contributed by atoms with Gasteiger partial charge >= 0.3 is 0 Å². The molecule has 0 aliphatic carbocycles. The van der Waals surface area contributed by atoms with E-state index >= 15 is 0 Å². The lowest BCUT2D eigenvalue weighted by Gasteiger charge is -2.43. The second-order valence-electron chi connectivity index (χ2n) is 7.82. The summed E-state index contributed by atoms with van der Waals surface area (Å²) in [6.07, 6.45) is 2.95. The van der Waals surface area contributed by atoms with Gasteiger partial charge in [0.1, 0.15) is 23.4 Å². The van der Waals surface area contributed by atoms with Crippen LogP contribution in [-0.4, -0.2) is 30.0 Å². The number of aromatic nitrogens is 6. The minimum atomic E-state index is -0.00436. The highest BCUT2D eigenvalue weighted by Gasteiger charge is 2.35. The molecule has 1 fully saturated rings. The number of piperidine rings is 1. The normalized spacial score (nSPS) is 19.3. The second kappa shape index (κ2) is 7.35. The molecule has 3 heterocycles. The van der Waals surface area contributed by atoms with E-state index in [-0.39, 0.29) is 12.3 Å². The Kier molecular flexibility index (Phi) is 4.35. The van der Waals surface area contributed by atoms with Gasteiger partial charge in [-0.15, -0.1) is 10.2 Å². The van der Waals surface area contributed by atoms with Gasteiger partial charge in [0.25, 0.3) is 0 Å². The first-order valence-corrected chi connectivity index (χ1v) is 10.8. The Morgan fingerprint density at radius 3 is 1.74 bits per heavy atom. The molecule has 2 aromatic heterocycles. The fourth-order valence-corrected chi connectivity index (χ4v) is 4.74. The Balaban J connectivity index is 1.53. The van der Waals surface area contributed by atoms with Gasteiger partial charge in [-0.2, -0.15) is 0 Å². The molecule has 0 radical (unpaired) electrons. The van der Waals surface area contributed by atoms with E-state index in [2.05, 4.69) is 49.8 Å². The van der Waals surface area contributed by atoms with Crippen LogP contribution in [0.15, 0.2) is 72.8 Å². The van der Waals surface area contributed by atoms with Crippen molar-refractivity contribution in [3.05, 3.63) is 77.8 Å². The summed E-state index contributed by atoms with van der Waals surface area (Å²) in [5.74, 6) is 0. The monoisotopic (exact) mass is 429 g/mol. The summed E-state index contributed by atoms with van der Waals surface area (Å²) in [6.45, 7) is 0. The summed E-state index contributed by atoms with van der Waals surface area (Å²) in [6, 6.07) is 24.2. The number of nitrogens with zero attached hydrogens (tertiary/aromatic N) is 7. The van der Waals surface area contributed by atoms with Crippen molar-refractivity contribution in [3.8, 4) is 0 Å². The molecule has 1 aliphatic heterocycles. The maximum Gasteiger partial charge on any atom is 0.127 e. The predicted octanol–water partition coefficient (Wildman–Crippen LogP) is 5.22. The molecule has 2 unspecified atom stereocenters. The summed E-state index contributed by atoms with van der Waals surface area (Å²) < 4.78 is 4.07. The van der Waals surface area contributed by atoms with Crippen molar-refractivity contribution in [2.75, 3.05) is 4.90 Å². The van der Waals surface area contributed by atoms with E-state index in [1.807, 2.05) is 57.9 Å². The number of para-hydroxylation sites is 2. The van der Waals surface area contributed by atoms with Crippen molar-refractivity contribution >= 4 is 39.4 Å². The van der Waals surface area contributed by atoms with E-state index in [1.54, 1.807) is 0 Å². The van der Waals surface area contributed by atoms with Gasteiger partial charge in [0.2, 0.25) is 0 Å². The molecular weight excluding hydrogens is 410 g/mol. The Morgan fingerprint density at radius 1 is 0.677 bits per heavy atom. The molecule has 1 saturated heterocycles. The summed E-state index contributed by atoms with van der Waals surface area (Å²) >= 11 is 6.21. The predicted molar refractivity (Wildman–Crippen MR) is 121 cm³/mol. The average Bonchev–Trinajstić information content (AvgIpc) is 3.44. The number of fused-ring (bicyclic) bond motifs is 2. The Bertz CT molecular complexity index is 1280. The van der Waals surface area contributed by atoms with Crippen LogP contribution in [0.3, 0.4) is 0 Å². The SMILES string of the molecule is Clc1ccc(N2C(n3nnc4ccccc43)CCCC2n2nnc3ccccc32)cc1. The zero-order chi connectivity index (χ0) is 20.8. The summed E-state index contributed by atoms with van der Waals surface area (Å²) in [5, 5.41) is 18.6. The topological polar surface area (TPSA) is 64.7 Å². The number of rotatable bonds is 3. The third-order valence-corrected chi connectivity index (χ3v) is 6.26. The number of benzene rings is 3. The van der Waals surface area contributed by atoms with Gasteiger partial charge in [0, 0.05) is 10.7 Å². The van der Waals surface area contributed by atoms with Crippen LogP contribution in [0.4, 0.5) is 5.69 Å². The van der Waals surface area contributed by atoms with Crippen molar-refractivity contribution < 1.29 is 0 Å². The molecule has 5 aromatic rings. The van der Waals surface area contributed by atoms with Gasteiger partial charge in [-0.3, -0.25) is 0 Å². The van der Waals surface area contributed by atoms with Gasteiger partial charge in [-0.25, -0.2) is 9.36 Å². The average molecular weight is 430 g/mol. The zero-order valence-electron chi connectivity index (χ0n) is 16.7. The third kappa shape index (κ3) is 3.04. The Hall–Kier alpha value is -3.45. The molecule has 8 heteroatoms. The molecule has 154 valence electrons. The molecular formula is C23H20ClN7. The molecule has 3 aromatic carbocycles. The number of hydrogen-bond donors (Lipinski definition) is 0. The first-order chi connectivity index (χ1) is 15.3. The van der Waals surface area contributed by atoms with Crippen LogP contribution in [0.25, 0.3) is 22.1 Å². The third-order valence-electron chi connectivity index (χ3n) is 6.01. The number of halogens is 1. The minimum Gasteiger partial charge on any atom is -0.327 e. The van der Waals surface area contributed by atoms with Crippen LogP contribution in [0.1, 0.15) is 31.6 Å². The molecule has 2 atom stereocenters. The molecule has 0 spiro atoms. The van der Waals surface area contributed by atoms with E-state index in [0.29, 0.717) is 5.02 Å². The maximum atomic E-state index is 6.21. The maximum absolute atomic E-state index is 6.21. The first-order valence-electron chi connectivity index (χ1n) is 10.4. The van der Waals surface area contributed by atoms with E-state index in [4.69, 9.17) is 11.6 Å². The zero-order valence-corrected chi connectivity index (χ0v) is 17.5. The van der Waals surface area contributed by atoms with Crippen molar-refractivity contribution in [2.24, 2.45) is 0 Å². The van der Waals surface area contributed by atoms with E-state index in [9.17, 15) is 0 Å². The van der Waals surface area contributed by atoms with Gasteiger partial charge < -0.3 is 4.90 Å². The fourth-order valence-electron chi connectivity index (χ4n) is 4.61. The summed E-state index contributed by atoms with van der Waals surface area (Å²) in [4.78, 5) is 2.38. The van der Waals surface area contributed by atoms with Gasteiger partial charge in [0.05, 0.1) is 11.0 Å².